The van der Waals surface area contributed by atoms with Gasteiger partial charge in [-0.05, 0) is 37.1 Å². The Labute approximate surface area is 114 Å². The second-order valence-electron chi connectivity index (χ2n) is 4.30. The Morgan fingerprint density at radius 1 is 1.00 bits per heavy atom. The van der Waals surface area contributed by atoms with Gasteiger partial charge in [-0.25, -0.2) is 0 Å². The van der Waals surface area contributed by atoms with E-state index in [0.717, 1.165) is 24.5 Å². The molecule has 2 rings (SSSR count). The topological polar surface area (TPSA) is 3.24 Å². The van der Waals surface area contributed by atoms with Gasteiger partial charge in [0.2, 0.25) is 0 Å². The van der Waals surface area contributed by atoms with Crippen LogP contribution in [0.2, 0.25) is 5.02 Å². The van der Waals surface area contributed by atoms with Crippen molar-refractivity contribution in [1.29, 1.82) is 0 Å². The molecule has 0 aliphatic rings. The molecule has 94 valence electrons. The molecular weight excluding hydrogens is 242 g/mol. The lowest BCUT2D eigenvalue weighted by Crippen LogP contribution is -2.25. The first-order valence-corrected chi connectivity index (χ1v) is 6.72. The molecule has 0 aliphatic heterocycles. The summed E-state index contributed by atoms with van der Waals surface area (Å²) in [6.45, 7) is 4.18. The lowest BCUT2D eigenvalue weighted by atomic mass is 10.1. The van der Waals surface area contributed by atoms with Gasteiger partial charge < -0.3 is 4.90 Å². The van der Waals surface area contributed by atoms with E-state index in [1.165, 1.54) is 11.3 Å². The van der Waals surface area contributed by atoms with E-state index in [1.54, 1.807) is 0 Å². The van der Waals surface area contributed by atoms with Crippen LogP contribution in [0.3, 0.4) is 0 Å². The summed E-state index contributed by atoms with van der Waals surface area (Å²) in [5.74, 6) is 0. The van der Waals surface area contributed by atoms with Crippen LogP contribution >= 0.6 is 11.6 Å². The molecule has 0 N–H and O–H groups in total. The van der Waals surface area contributed by atoms with Gasteiger partial charge in [-0.1, -0.05) is 48.0 Å². The zero-order valence-corrected chi connectivity index (χ0v) is 11.4. The van der Waals surface area contributed by atoms with Gasteiger partial charge in [0.25, 0.3) is 0 Å². The number of benzene rings is 2. The average molecular weight is 260 g/mol. The lowest BCUT2D eigenvalue weighted by Gasteiger charge is -2.23. The van der Waals surface area contributed by atoms with Gasteiger partial charge in [0.05, 0.1) is 0 Å². The van der Waals surface area contributed by atoms with Crippen molar-refractivity contribution >= 4 is 17.3 Å². The minimum absolute atomic E-state index is 0.797. The van der Waals surface area contributed by atoms with Crippen molar-refractivity contribution < 1.29 is 0 Å². The van der Waals surface area contributed by atoms with Gasteiger partial charge in [0.1, 0.15) is 0 Å². The van der Waals surface area contributed by atoms with Crippen molar-refractivity contribution in [3.8, 4) is 0 Å². The molecular formula is C16H18ClN. The summed E-state index contributed by atoms with van der Waals surface area (Å²) in [6, 6.07) is 18.6. The van der Waals surface area contributed by atoms with Crippen LogP contribution in [0, 0.1) is 0 Å². The molecule has 2 heteroatoms. The molecule has 0 unspecified atom stereocenters. The summed E-state index contributed by atoms with van der Waals surface area (Å²) in [5.41, 5.74) is 2.57. The highest BCUT2D eigenvalue weighted by Crippen LogP contribution is 2.19. The van der Waals surface area contributed by atoms with Crippen molar-refractivity contribution in [3.63, 3.8) is 0 Å². The third-order valence-corrected chi connectivity index (χ3v) is 3.30. The lowest BCUT2D eigenvalue weighted by molar-refractivity contribution is 0.809. The normalized spacial score (nSPS) is 10.3. The number of halogens is 1. The number of likely N-dealkylation sites (N-methyl/N-ethyl adjacent to an activating group) is 1. The molecule has 0 fully saturated rings. The Morgan fingerprint density at radius 2 is 1.78 bits per heavy atom. The van der Waals surface area contributed by atoms with Crippen LogP contribution in [0.15, 0.2) is 54.6 Å². The first-order valence-electron chi connectivity index (χ1n) is 6.34. The second kappa shape index (κ2) is 6.46. The number of anilines is 1. The smallest absolute Gasteiger partial charge is 0.0426 e. The van der Waals surface area contributed by atoms with Crippen molar-refractivity contribution in [2.45, 2.75) is 13.3 Å². The molecule has 2 aromatic rings. The summed E-state index contributed by atoms with van der Waals surface area (Å²) >= 11 is 6.04. The Bertz CT molecular complexity index is 481. The Kier molecular flexibility index (Phi) is 4.66. The Morgan fingerprint density at radius 3 is 2.44 bits per heavy atom. The summed E-state index contributed by atoms with van der Waals surface area (Å²) in [6.07, 6.45) is 1.06. The fourth-order valence-corrected chi connectivity index (χ4v) is 2.24. The highest BCUT2D eigenvalue weighted by molar-refractivity contribution is 6.30. The summed E-state index contributed by atoms with van der Waals surface area (Å²) in [7, 11) is 0. The molecule has 0 atom stereocenters. The fraction of sp³-hybridized carbons (Fsp3) is 0.250. The maximum absolute atomic E-state index is 6.04. The standard InChI is InChI=1S/C16H18ClN/c1-2-18(16-10-6-9-15(17)13-16)12-11-14-7-4-3-5-8-14/h3-10,13H,2,11-12H2,1H3. The van der Waals surface area contributed by atoms with Crippen LogP contribution in [-0.4, -0.2) is 13.1 Å². The van der Waals surface area contributed by atoms with E-state index in [2.05, 4.69) is 48.2 Å². The summed E-state index contributed by atoms with van der Waals surface area (Å²) in [4.78, 5) is 2.35. The molecule has 0 aliphatic carbocycles. The predicted molar refractivity (Wildman–Crippen MR) is 79.5 cm³/mol. The predicted octanol–water partition coefficient (Wildman–Crippen LogP) is 4.41. The molecule has 0 amide bonds. The summed E-state index contributed by atoms with van der Waals surface area (Å²) < 4.78 is 0. The second-order valence-corrected chi connectivity index (χ2v) is 4.73. The van der Waals surface area contributed by atoms with E-state index in [0.29, 0.717) is 0 Å². The largest absolute Gasteiger partial charge is 0.371 e. The van der Waals surface area contributed by atoms with Crippen molar-refractivity contribution in [2.75, 3.05) is 18.0 Å². The van der Waals surface area contributed by atoms with Gasteiger partial charge in [-0.3, -0.25) is 0 Å². The zero-order chi connectivity index (χ0) is 12.8. The molecule has 0 saturated heterocycles. The van der Waals surface area contributed by atoms with E-state index < -0.39 is 0 Å². The van der Waals surface area contributed by atoms with Gasteiger partial charge in [0, 0.05) is 23.8 Å². The zero-order valence-electron chi connectivity index (χ0n) is 10.6. The molecule has 18 heavy (non-hydrogen) atoms. The van der Waals surface area contributed by atoms with Crippen LogP contribution < -0.4 is 4.90 Å². The fourth-order valence-electron chi connectivity index (χ4n) is 2.05. The highest BCUT2D eigenvalue weighted by Gasteiger charge is 2.04. The SMILES string of the molecule is CCN(CCc1ccccc1)c1cccc(Cl)c1. The maximum Gasteiger partial charge on any atom is 0.0426 e. The van der Waals surface area contributed by atoms with Gasteiger partial charge in [-0.2, -0.15) is 0 Å². The van der Waals surface area contributed by atoms with Gasteiger partial charge >= 0.3 is 0 Å². The first-order chi connectivity index (χ1) is 8.79. The number of hydrogen-bond donors (Lipinski definition) is 0. The molecule has 1 nitrogen and oxygen atoms in total. The molecule has 0 bridgehead atoms. The molecule has 0 heterocycles. The first kappa shape index (κ1) is 13.0. The van der Waals surface area contributed by atoms with Crippen LogP contribution in [-0.2, 0) is 6.42 Å². The van der Waals surface area contributed by atoms with Crippen molar-refractivity contribution in [1.82, 2.24) is 0 Å². The monoisotopic (exact) mass is 259 g/mol. The van der Waals surface area contributed by atoms with Crippen LogP contribution in [0.5, 0.6) is 0 Å². The van der Waals surface area contributed by atoms with Gasteiger partial charge in [-0.15, -0.1) is 0 Å². The Balaban J connectivity index is 2.02. The number of nitrogens with zero attached hydrogens (tertiary/aromatic N) is 1. The number of hydrogen-bond acceptors (Lipinski definition) is 1. The third-order valence-electron chi connectivity index (χ3n) is 3.07. The summed E-state index contributed by atoms with van der Waals surface area (Å²) in [5, 5.41) is 0.797. The molecule has 2 aromatic carbocycles. The maximum atomic E-state index is 6.04. The van der Waals surface area contributed by atoms with E-state index in [9.17, 15) is 0 Å². The van der Waals surface area contributed by atoms with Crippen LogP contribution in [0.1, 0.15) is 12.5 Å². The molecule has 0 saturated carbocycles. The number of rotatable bonds is 5. The highest BCUT2D eigenvalue weighted by atomic mass is 35.5. The van der Waals surface area contributed by atoms with Crippen molar-refractivity contribution in [3.05, 3.63) is 65.2 Å². The molecule has 0 aromatic heterocycles. The van der Waals surface area contributed by atoms with E-state index >= 15 is 0 Å². The molecule has 0 spiro atoms. The quantitative estimate of drug-likeness (QED) is 0.769. The molecule has 0 radical (unpaired) electrons. The van der Waals surface area contributed by atoms with E-state index in [4.69, 9.17) is 11.6 Å². The Hall–Kier alpha value is -1.47. The van der Waals surface area contributed by atoms with E-state index in [-0.39, 0.29) is 0 Å². The van der Waals surface area contributed by atoms with Gasteiger partial charge in [0.15, 0.2) is 0 Å². The van der Waals surface area contributed by atoms with E-state index in [1.807, 2.05) is 18.2 Å². The average Bonchev–Trinajstić information content (AvgIpc) is 2.41. The van der Waals surface area contributed by atoms with Crippen molar-refractivity contribution in [2.24, 2.45) is 0 Å². The minimum Gasteiger partial charge on any atom is -0.371 e. The van der Waals surface area contributed by atoms with Crippen LogP contribution in [0.4, 0.5) is 5.69 Å². The van der Waals surface area contributed by atoms with Crippen LogP contribution in [0.25, 0.3) is 0 Å². The minimum atomic E-state index is 0.797. The third kappa shape index (κ3) is 3.51.